The van der Waals surface area contributed by atoms with Crippen molar-refractivity contribution in [3.63, 3.8) is 0 Å². The molecule has 4 amide bonds. The van der Waals surface area contributed by atoms with Crippen molar-refractivity contribution in [1.29, 1.82) is 0 Å². The fourth-order valence-electron chi connectivity index (χ4n) is 6.95. The number of amides is 4. The summed E-state index contributed by atoms with van der Waals surface area (Å²) < 4.78 is 4.58. The van der Waals surface area contributed by atoms with E-state index in [4.69, 9.17) is 5.73 Å². The third-order valence-electron chi connectivity index (χ3n) is 9.80. The predicted molar refractivity (Wildman–Crippen MR) is 224 cm³/mol. The number of benzene rings is 2. The topological polar surface area (TPSA) is 148 Å². The molecule has 2 aromatic rings. The lowest BCUT2D eigenvalue weighted by Crippen LogP contribution is -2.53. The highest BCUT2D eigenvalue weighted by molar-refractivity contribution is 7.81. The minimum Gasteiger partial charge on any atom is -0.444 e. The van der Waals surface area contributed by atoms with Crippen LogP contribution >= 0.6 is 12.6 Å². The fraction of sp³-hybridized carbons (Fsp3) is 0.444. The average Bonchev–Trinajstić information content (AvgIpc) is 3.19. The van der Waals surface area contributed by atoms with E-state index in [0.717, 1.165) is 43.3 Å². The normalized spacial score (nSPS) is 17.3. The molecule has 10 nitrogen and oxygen atoms in total. The Labute approximate surface area is 337 Å². The minimum atomic E-state index is -0.725. The van der Waals surface area contributed by atoms with E-state index >= 15 is 0 Å². The second-order valence-corrected chi connectivity index (χ2v) is 15.9. The van der Waals surface area contributed by atoms with Crippen molar-refractivity contribution in [3.8, 4) is 0 Å². The number of nitrogens with two attached hydrogens (primary N) is 1. The van der Waals surface area contributed by atoms with Gasteiger partial charge in [0.2, 0.25) is 17.7 Å². The maximum atomic E-state index is 13.4. The van der Waals surface area contributed by atoms with E-state index in [2.05, 4.69) is 70.5 Å². The second kappa shape index (κ2) is 22.0. The number of Topliss-reactive ketones (excluding diaryl/α,β-unsaturated/α-hetero) is 1. The van der Waals surface area contributed by atoms with Crippen molar-refractivity contribution in [1.82, 2.24) is 15.5 Å². The van der Waals surface area contributed by atoms with Crippen molar-refractivity contribution < 1.29 is 28.7 Å². The molecule has 1 heterocycles. The number of allylic oxidation sites excluding steroid dienone is 5. The number of piperidine rings is 1. The van der Waals surface area contributed by atoms with Gasteiger partial charge in [-0.2, -0.15) is 12.6 Å². The molecular weight excluding hydrogens is 725 g/mol. The molecule has 5 rings (SSSR count). The molecular formula is C45H58N4O6S. The van der Waals surface area contributed by atoms with E-state index in [0.29, 0.717) is 44.5 Å². The van der Waals surface area contributed by atoms with Crippen LogP contribution in [0.3, 0.4) is 0 Å². The molecule has 2 aromatic carbocycles. The zero-order valence-electron chi connectivity index (χ0n) is 33.0. The summed E-state index contributed by atoms with van der Waals surface area (Å²) in [5, 5.41) is 5.71. The van der Waals surface area contributed by atoms with Gasteiger partial charge in [0.05, 0.1) is 5.25 Å². The molecule has 0 saturated carbocycles. The molecule has 300 valence electrons. The van der Waals surface area contributed by atoms with Crippen molar-refractivity contribution >= 4 is 42.2 Å². The Hall–Kier alpha value is -4.90. The van der Waals surface area contributed by atoms with Crippen LogP contribution in [0.5, 0.6) is 0 Å². The van der Waals surface area contributed by atoms with Gasteiger partial charge in [0.1, 0.15) is 11.6 Å². The monoisotopic (exact) mass is 782 g/mol. The first-order valence-electron chi connectivity index (χ1n) is 19.7. The lowest BCUT2D eigenvalue weighted by atomic mass is 9.87. The van der Waals surface area contributed by atoms with E-state index in [1.807, 2.05) is 36.4 Å². The Morgan fingerprint density at radius 3 is 2.14 bits per heavy atom. The fourth-order valence-corrected chi connectivity index (χ4v) is 7.22. The van der Waals surface area contributed by atoms with Crippen LogP contribution in [0, 0.1) is 0 Å². The summed E-state index contributed by atoms with van der Waals surface area (Å²) in [6.07, 6.45) is 16.8. The molecule has 0 spiro atoms. The molecule has 4 N–H and O–H groups in total. The number of ether oxygens (including phenoxy) is 1. The van der Waals surface area contributed by atoms with Crippen LogP contribution in [0.4, 0.5) is 4.79 Å². The summed E-state index contributed by atoms with van der Waals surface area (Å²) in [4.78, 5) is 64.1. The predicted octanol–water partition coefficient (Wildman–Crippen LogP) is 7.54. The number of carbonyl (C=O) groups excluding carboxylic acids is 5. The largest absolute Gasteiger partial charge is 0.444 e. The van der Waals surface area contributed by atoms with E-state index in [1.54, 1.807) is 37.8 Å². The van der Waals surface area contributed by atoms with Gasteiger partial charge in [-0.1, -0.05) is 97.5 Å². The van der Waals surface area contributed by atoms with Gasteiger partial charge in [-0.3, -0.25) is 19.2 Å². The van der Waals surface area contributed by atoms with Gasteiger partial charge < -0.3 is 26.0 Å². The van der Waals surface area contributed by atoms with Crippen LogP contribution in [0.15, 0.2) is 108 Å². The molecule has 1 aliphatic heterocycles. The van der Waals surface area contributed by atoms with Gasteiger partial charge in [0.25, 0.3) is 0 Å². The first-order valence-corrected chi connectivity index (χ1v) is 20.2. The number of likely N-dealkylation sites (tertiary alicyclic amines) is 1. The Bertz CT molecular complexity index is 1780. The number of rotatable bonds is 15. The first-order chi connectivity index (χ1) is 26.8. The highest BCUT2D eigenvalue weighted by atomic mass is 32.1. The standard InChI is InChI=1S/C40H47N3O4S.C5H11NO2/c44-36(31-18-8-3-9-19-31)23-24-38(45)43-28-33-21-11-10-20-32(33)26-35(43)39(46)41-25-13-12-22-37(48)40(47)42-27-34(29-14-4-1-5-15-29)30-16-6-2-7-17-30;1-5(2,3)8-4(6)7/h1,3-6,8-9,14-21,34-35,37,48H,2,7,10-13,22-28H2,(H,41,46)(H,42,47);1-3H3,(H2,6,7)/t34?,35-,37?;/m0./s1. The van der Waals surface area contributed by atoms with Crippen LogP contribution in [-0.4, -0.2) is 71.0 Å². The van der Waals surface area contributed by atoms with E-state index in [1.165, 1.54) is 11.1 Å². The average molecular weight is 783 g/mol. The van der Waals surface area contributed by atoms with Gasteiger partial charge in [-0.25, -0.2) is 4.79 Å². The number of unbranched alkanes of at least 4 members (excludes halogenated alkanes) is 1. The minimum absolute atomic E-state index is 0.0651. The lowest BCUT2D eigenvalue weighted by Gasteiger charge is -2.38. The van der Waals surface area contributed by atoms with Crippen molar-refractivity contribution in [3.05, 3.63) is 119 Å². The van der Waals surface area contributed by atoms with Crippen molar-refractivity contribution in [2.24, 2.45) is 5.73 Å². The smallest absolute Gasteiger partial charge is 0.405 e. The molecule has 0 aromatic heterocycles. The summed E-state index contributed by atoms with van der Waals surface area (Å²) in [5.41, 5.74) is 9.50. The number of fused-ring (bicyclic) bond motifs is 1. The number of ketones is 1. The van der Waals surface area contributed by atoms with Crippen LogP contribution in [0.1, 0.15) is 107 Å². The number of primary amides is 1. The van der Waals surface area contributed by atoms with Crippen LogP contribution in [-0.2, 0) is 19.1 Å². The first kappa shape index (κ1) is 43.8. The Kier molecular flexibility index (Phi) is 17.2. The van der Waals surface area contributed by atoms with Gasteiger partial charge in [0.15, 0.2) is 5.78 Å². The number of carbonyl (C=O) groups is 5. The van der Waals surface area contributed by atoms with E-state index in [-0.39, 0.29) is 42.3 Å². The Balaban J connectivity index is 0.000000784. The van der Waals surface area contributed by atoms with Crippen molar-refractivity contribution in [2.45, 2.75) is 108 Å². The number of hydrogen-bond acceptors (Lipinski definition) is 7. The molecule has 11 heteroatoms. The zero-order valence-corrected chi connectivity index (χ0v) is 33.9. The van der Waals surface area contributed by atoms with Gasteiger partial charge in [0, 0.05) is 50.4 Å². The summed E-state index contributed by atoms with van der Waals surface area (Å²) in [7, 11) is 0. The van der Waals surface area contributed by atoms with Crippen LogP contribution < -0.4 is 16.4 Å². The molecule has 1 fully saturated rings. The summed E-state index contributed by atoms with van der Waals surface area (Å²) in [6, 6.07) is 18.6. The number of nitrogens with one attached hydrogen (secondary N) is 2. The molecule has 0 radical (unpaired) electrons. The van der Waals surface area contributed by atoms with Gasteiger partial charge >= 0.3 is 6.09 Å². The summed E-state index contributed by atoms with van der Waals surface area (Å²) in [5.74, 6) is -0.435. The van der Waals surface area contributed by atoms with E-state index < -0.39 is 23.0 Å². The third kappa shape index (κ3) is 14.3. The molecule has 56 heavy (non-hydrogen) atoms. The Morgan fingerprint density at radius 1 is 0.857 bits per heavy atom. The van der Waals surface area contributed by atoms with E-state index in [9.17, 15) is 24.0 Å². The zero-order chi connectivity index (χ0) is 40.5. The number of nitrogens with zero attached hydrogens (tertiary/aromatic N) is 1. The molecule has 3 atom stereocenters. The molecule has 3 aliphatic rings. The molecule has 0 bridgehead atoms. The molecule has 2 aliphatic carbocycles. The van der Waals surface area contributed by atoms with Crippen molar-refractivity contribution in [2.75, 3.05) is 19.6 Å². The third-order valence-corrected chi connectivity index (χ3v) is 10.3. The highest BCUT2D eigenvalue weighted by Crippen LogP contribution is 2.32. The summed E-state index contributed by atoms with van der Waals surface area (Å²) in [6.45, 7) is 6.63. The van der Waals surface area contributed by atoms with Gasteiger partial charge in [-0.05, 0) is 81.6 Å². The maximum Gasteiger partial charge on any atom is 0.405 e. The second-order valence-electron chi connectivity index (χ2n) is 15.3. The number of thiol groups is 1. The van der Waals surface area contributed by atoms with Crippen LogP contribution in [0.2, 0.25) is 0 Å². The van der Waals surface area contributed by atoms with Gasteiger partial charge in [-0.15, -0.1) is 0 Å². The highest BCUT2D eigenvalue weighted by Gasteiger charge is 2.36. The lowest BCUT2D eigenvalue weighted by molar-refractivity contribution is -0.140. The SMILES string of the molecule is CC(C)(C)OC(N)=O.O=C(CCC(=O)N1CC2=CCCC=C2C[C@H]1C(=O)NCCCCC(S)C(=O)NCC(C1=CCCC=C1)c1ccccc1)c1ccccc1. The molecule has 1 saturated heterocycles. The van der Waals surface area contributed by atoms with Crippen LogP contribution in [0.25, 0.3) is 0 Å². The summed E-state index contributed by atoms with van der Waals surface area (Å²) >= 11 is 4.60. The number of hydrogen-bond donors (Lipinski definition) is 4. The Morgan fingerprint density at radius 2 is 1.52 bits per heavy atom. The quantitative estimate of drug-likeness (QED) is 0.0834. The maximum absolute atomic E-state index is 13.4. The molecule has 2 unspecified atom stereocenters.